The van der Waals surface area contributed by atoms with Gasteiger partial charge in [0.25, 0.3) is 5.91 Å². The molecule has 108 valence electrons. The lowest BCUT2D eigenvalue weighted by Gasteiger charge is -2.13. The van der Waals surface area contributed by atoms with Gasteiger partial charge in [-0.25, -0.2) is 0 Å². The third kappa shape index (κ3) is 2.58. The molecule has 3 aromatic rings. The Bertz CT molecular complexity index is 803. The number of benzene rings is 1. The van der Waals surface area contributed by atoms with Gasteiger partial charge >= 0.3 is 0 Å². The number of halogens is 1. The minimum atomic E-state index is -0.142. The molecule has 1 amide bonds. The van der Waals surface area contributed by atoms with Crippen molar-refractivity contribution in [3.8, 4) is 0 Å². The number of fused-ring (bicyclic) bond motifs is 1. The Kier molecular flexibility index (Phi) is 3.55. The standard InChI is InChI=1S/C15H15BrN4O/c1-9(2)20-8-11(16)6-13(20)15(21)18-12-5-3-4-10-7-17-19-14(10)12/h3-9H,1-2H3,(H,17,19)(H,18,21). The van der Waals surface area contributed by atoms with Crippen LogP contribution in [0.5, 0.6) is 0 Å². The molecule has 0 unspecified atom stereocenters. The monoisotopic (exact) mass is 346 g/mol. The van der Waals surface area contributed by atoms with Crippen molar-refractivity contribution in [1.82, 2.24) is 14.8 Å². The van der Waals surface area contributed by atoms with Crippen LogP contribution in [-0.4, -0.2) is 20.7 Å². The van der Waals surface area contributed by atoms with E-state index in [9.17, 15) is 4.79 Å². The molecule has 5 nitrogen and oxygen atoms in total. The van der Waals surface area contributed by atoms with Crippen LogP contribution in [-0.2, 0) is 0 Å². The maximum atomic E-state index is 12.5. The van der Waals surface area contributed by atoms with E-state index >= 15 is 0 Å². The lowest BCUT2D eigenvalue weighted by atomic mass is 10.2. The molecule has 0 saturated heterocycles. The van der Waals surface area contributed by atoms with Gasteiger partial charge in [0.05, 0.1) is 17.4 Å². The molecule has 0 aliphatic rings. The molecule has 0 bridgehead atoms. The summed E-state index contributed by atoms with van der Waals surface area (Å²) in [5.74, 6) is -0.142. The first-order valence-corrected chi connectivity index (χ1v) is 7.46. The summed E-state index contributed by atoms with van der Waals surface area (Å²) in [6.45, 7) is 4.08. The molecule has 2 aromatic heterocycles. The summed E-state index contributed by atoms with van der Waals surface area (Å²) < 4.78 is 2.83. The van der Waals surface area contributed by atoms with Gasteiger partial charge in [-0.3, -0.25) is 9.89 Å². The topological polar surface area (TPSA) is 62.7 Å². The largest absolute Gasteiger partial charge is 0.340 e. The van der Waals surface area contributed by atoms with Crippen LogP contribution in [0.2, 0.25) is 0 Å². The minimum absolute atomic E-state index is 0.142. The fourth-order valence-electron chi connectivity index (χ4n) is 2.31. The highest BCUT2D eigenvalue weighted by Gasteiger charge is 2.16. The van der Waals surface area contributed by atoms with Crippen LogP contribution in [0.1, 0.15) is 30.4 Å². The highest BCUT2D eigenvalue weighted by atomic mass is 79.9. The fraction of sp³-hybridized carbons (Fsp3) is 0.200. The summed E-state index contributed by atoms with van der Waals surface area (Å²) in [5, 5.41) is 10.8. The van der Waals surface area contributed by atoms with E-state index in [1.165, 1.54) is 0 Å². The van der Waals surface area contributed by atoms with Crippen LogP contribution < -0.4 is 5.32 Å². The van der Waals surface area contributed by atoms with Crippen LogP contribution in [0.25, 0.3) is 10.9 Å². The van der Waals surface area contributed by atoms with Crippen LogP contribution in [0.15, 0.2) is 41.1 Å². The Hall–Kier alpha value is -2.08. The van der Waals surface area contributed by atoms with Gasteiger partial charge in [0.15, 0.2) is 0 Å². The van der Waals surface area contributed by atoms with Crippen molar-refractivity contribution in [2.75, 3.05) is 5.32 Å². The number of hydrogen-bond donors (Lipinski definition) is 2. The highest BCUT2D eigenvalue weighted by molar-refractivity contribution is 9.10. The van der Waals surface area contributed by atoms with Crippen LogP contribution in [0.3, 0.4) is 0 Å². The molecule has 1 aromatic carbocycles. The number of para-hydroxylation sites is 1. The smallest absolute Gasteiger partial charge is 0.272 e. The molecule has 0 spiro atoms. The maximum Gasteiger partial charge on any atom is 0.272 e. The van der Waals surface area contributed by atoms with E-state index in [0.29, 0.717) is 5.69 Å². The van der Waals surface area contributed by atoms with Crippen LogP contribution >= 0.6 is 15.9 Å². The maximum absolute atomic E-state index is 12.5. The number of aromatic amines is 1. The molecule has 2 heterocycles. The van der Waals surface area contributed by atoms with E-state index in [2.05, 4.69) is 31.4 Å². The molecule has 0 fully saturated rings. The second-order valence-corrected chi connectivity index (χ2v) is 6.05. The Morgan fingerprint density at radius 3 is 3.00 bits per heavy atom. The van der Waals surface area contributed by atoms with Crippen molar-refractivity contribution >= 4 is 38.4 Å². The molecule has 0 radical (unpaired) electrons. The van der Waals surface area contributed by atoms with Crippen LogP contribution in [0.4, 0.5) is 5.69 Å². The summed E-state index contributed by atoms with van der Waals surface area (Å²) in [4.78, 5) is 12.5. The number of amides is 1. The molecule has 0 saturated carbocycles. The number of aromatic nitrogens is 3. The van der Waals surface area contributed by atoms with Gasteiger partial charge in [-0.2, -0.15) is 5.10 Å². The Morgan fingerprint density at radius 1 is 1.43 bits per heavy atom. The normalized spacial score (nSPS) is 11.2. The van der Waals surface area contributed by atoms with E-state index in [1.54, 1.807) is 6.20 Å². The number of carbonyl (C=O) groups excluding carboxylic acids is 1. The highest BCUT2D eigenvalue weighted by Crippen LogP contribution is 2.23. The average Bonchev–Trinajstić information content (AvgIpc) is 3.05. The van der Waals surface area contributed by atoms with Crippen molar-refractivity contribution in [3.63, 3.8) is 0 Å². The Balaban J connectivity index is 1.95. The zero-order valence-electron chi connectivity index (χ0n) is 11.7. The number of H-pyrrole nitrogens is 1. The van der Waals surface area contributed by atoms with Crippen molar-refractivity contribution in [2.24, 2.45) is 0 Å². The first-order chi connectivity index (χ1) is 10.1. The molecular weight excluding hydrogens is 332 g/mol. The average molecular weight is 347 g/mol. The molecule has 0 aliphatic heterocycles. The van der Waals surface area contributed by atoms with Crippen molar-refractivity contribution < 1.29 is 4.79 Å². The van der Waals surface area contributed by atoms with Gasteiger partial charge < -0.3 is 9.88 Å². The second-order valence-electron chi connectivity index (χ2n) is 5.14. The van der Waals surface area contributed by atoms with Crippen molar-refractivity contribution in [3.05, 3.63) is 46.8 Å². The van der Waals surface area contributed by atoms with E-state index < -0.39 is 0 Å². The molecule has 3 rings (SSSR count). The van der Waals surface area contributed by atoms with Gasteiger partial charge in [0, 0.05) is 22.1 Å². The number of nitrogens with zero attached hydrogens (tertiary/aromatic N) is 2. The van der Waals surface area contributed by atoms with E-state index in [-0.39, 0.29) is 11.9 Å². The molecular formula is C15H15BrN4O. The zero-order valence-corrected chi connectivity index (χ0v) is 13.3. The number of hydrogen-bond acceptors (Lipinski definition) is 2. The van der Waals surface area contributed by atoms with E-state index in [4.69, 9.17) is 0 Å². The predicted octanol–water partition coefficient (Wildman–Crippen LogP) is 3.96. The second kappa shape index (κ2) is 5.37. The minimum Gasteiger partial charge on any atom is -0.340 e. The number of carbonyl (C=O) groups is 1. The Labute approximate surface area is 130 Å². The number of anilines is 1. The molecule has 6 heteroatoms. The summed E-state index contributed by atoms with van der Waals surface area (Å²) in [7, 11) is 0. The van der Waals surface area contributed by atoms with Crippen molar-refractivity contribution in [2.45, 2.75) is 19.9 Å². The summed E-state index contributed by atoms with van der Waals surface area (Å²) in [6.07, 6.45) is 3.65. The van der Waals surface area contributed by atoms with Gasteiger partial charge in [-0.1, -0.05) is 12.1 Å². The molecule has 0 aliphatic carbocycles. The number of nitrogens with one attached hydrogen (secondary N) is 2. The predicted molar refractivity (Wildman–Crippen MR) is 86.6 cm³/mol. The first-order valence-electron chi connectivity index (χ1n) is 6.67. The quantitative estimate of drug-likeness (QED) is 0.753. The van der Waals surface area contributed by atoms with Crippen LogP contribution in [0, 0.1) is 0 Å². The van der Waals surface area contributed by atoms with Gasteiger partial charge in [-0.05, 0) is 41.9 Å². The summed E-state index contributed by atoms with van der Waals surface area (Å²) in [5.41, 5.74) is 2.17. The number of rotatable bonds is 3. The van der Waals surface area contributed by atoms with Gasteiger partial charge in [0.1, 0.15) is 5.69 Å². The molecule has 2 N–H and O–H groups in total. The summed E-state index contributed by atoms with van der Waals surface area (Å²) >= 11 is 3.42. The zero-order chi connectivity index (χ0) is 15.0. The summed E-state index contributed by atoms with van der Waals surface area (Å²) in [6, 6.07) is 7.73. The Morgan fingerprint density at radius 2 is 2.24 bits per heavy atom. The fourth-order valence-corrected chi connectivity index (χ4v) is 2.75. The SMILES string of the molecule is CC(C)n1cc(Br)cc1C(=O)Nc1cccc2cn[nH]c12. The lowest BCUT2D eigenvalue weighted by Crippen LogP contribution is -2.17. The van der Waals surface area contributed by atoms with E-state index in [1.807, 2.05) is 48.9 Å². The first kappa shape index (κ1) is 13.9. The van der Waals surface area contributed by atoms with Gasteiger partial charge in [-0.15, -0.1) is 0 Å². The third-order valence-electron chi connectivity index (χ3n) is 3.33. The lowest BCUT2D eigenvalue weighted by molar-refractivity contribution is 0.101. The molecule has 0 atom stereocenters. The molecule has 21 heavy (non-hydrogen) atoms. The third-order valence-corrected chi connectivity index (χ3v) is 3.76. The van der Waals surface area contributed by atoms with E-state index in [0.717, 1.165) is 21.1 Å². The van der Waals surface area contributed by atoms with Gasteiger partial charge in [0.2, 0.25) is 0 Å². The van der Waals surface area contributed by atoms with Crippen molar-refractivity contribution in [1.29, 1.82) is 0 Å².